The second-order valence-corrected chi connectivity index (χ2v) is 3.85. The number of hydrogen-bond acceptors (Lipinski definition) is 3. The number of nitrogens with two attached hydrogens (primary N) is 2. The van der Waals surface area contributed by atoms with Crippen LogP contribution in [0, 0.1) is 0 Å². The minimum Gasteiger partial charge on any atom is -0.480 e. The van der Waals surface area contributed by atoms with Gasteiger partial charge in [0, 0.05) is 13.0 Å². The number of halogens is 1. The SMILES string of the molecule is CC(N)=NCC/C(F)=C\C[C@@](C)(N)C(=O)O. The first-order chi connectivity index (χ1) is 7.25. The minimum absolute atomic E-state index is 0.0561. The smallest absolute Gasteiger partial charge is 0.323 e. The van der Waals surface area contributed by atoms with Gasteiger partial charge in [0.05, 0.1) is 11.7 Å². The normalized spacial score (nSPS) is 17.0. The number of amidine groups is 1. The van der Waals surface area contributed by atoms with E-state index in [1.54, 1.807) is 6.92 Å². The van der Waals surface area contributed by atoms with E-state index < -0.39 is 17.3 Å². The van der Waals surface area contributed by atoms with Crippen molar-refractivity contribution in [3.05, 3.63) is 11.9 Å². The zero-order chi connectivity index (χ0) is 12.8. The average molecular weight is 231 g/mol. The van der Waals surface area contributed by atoms with Gasteiger partial charge in [0.15, 0.2) is 0 Å². The number of carbonyl (C=O) groups is 1. The van der Waals surface area contributed by atoms with Crippen LogP contribution in [0.3, 0.4) is 0 Å². The minimum atomic E-state index is -1.44. The molecule has 0 rings (SSSR count). The molecule has 0 saturated carbocycles. The van der Waals surface area contributed by atoms with Gasteiger partial charge in [0.2, 0.25) is 0 Å². The molecule has 0 heterocycles. The van der Waals surface area contributed by atoms with Crippen LogP contribution in [0.4, 0.5) is 4.39 Å². The molecule has 0 aliphatic rings. The molecule has 1 atom stereocenters. The van der Waals surface area contributed by atoms with Gasteiger partial charge in [-0.3, -0.25) is 9.79 Å². The van der Waals surface area contributed by atoms with E-state index in [4.69, 9.17) is 16.6 Å². The van der Waals surface area contributed by atoms with Crippen LogP contribution in [0.15, 0.2) is 16.9 Å². The van der Waals surface area contributed by atoms with Crippen molar-refractivity contribution in [2.45, 2.75) is 32.2 Å². The van der Waals surface area contributed by atoms with Gasteiger partial charge in [-0.25, -0.2) is 4.39 Å². The molecule has 0 bridgehead atoms. The molecular formula is C10H18FN3O2. The van der Waals surface area contributed by atoms with Crippen molar-refractivity contribution >= 4 is 11.8 Å². The van der Waals surface area contributed by atoms with E-state index in [9.17, 15) is 9.18 Å². The summed E-state index contributed by atoms with van der Waals surface area (Å²) in [5.74, 6) is -1.20. The molecular weight excluding hydrogens is 213 g/mol. The van der Waals surface area contributed by atoms with Gasteiger partial charge in [-0.15, -0.1) is 0 Å². The summed E-state index contributed by atoms with van der Waals surface area (Å²) in [5.41, 5.74) is 9.26. The third-order valence-electron chi connectivity index (χ3n) is 1.95. The number of rotatable bonds is 6. The molecule has 16 heavy (non-hydrogen) atoms. The summed E-state index contributed by atoms with van der Waals surface area (Å²) < 4.78 is 13.1. The maximum absolute atomic E-state index is 13.1. The Labute approximate surface area is 94.0 Å². The lowest BCUT2D eigenvalue weighted by atomic mass is 9.99. The van der Waals surface area contributed by atoms with Crippen LogP contribution in [-0.4, -0.2) is 29.0 Å². The topological polar surface area (TPSA) is 102 Å². The van der Waals surface area contributed by atoms with Crippen LogP contribution in [0.1, 0.15) is 26.7 Å². The molecule has 0 amide bonds. The zero-order valence-electron chi connectivity index (χ0n) is 9.53. The largest absolute Gasteiger partial charge is 0.480 e. The fourth-order valence-corrected chi connectivity index (χ4v) is 0.851. The van der Waals surface area contributed by atoms with Gasteiger partial charge in [-0.1, -0.05) is 6.08 Å². The monoisotopic (exact) mass is 231 g/mol. The van der Waals surface area contributed by atoms with Gasteiger partial charge < -0.3 is 16.6 Å². The van der Waals surface area contributed by atoms with E-state index in [1.807, 2.05) is 0 Å². The first-order valence-corrected chi connectivity index (χ1v) is 4.89. The standard InChI is InChI=1S/C10H18FN3O2/c1-7(12)14-6-4-8(11)3-5-10(2,13)9(15)16/h3H,4-6,13H2,1-2H3,(H2,12,14)(H,15,16)/b8-3+/t10-/m1/s1. The van der Waals surface area contributed by atoms with Crippen molar-refractivity contribution in [3.63, 3.8) is 0 Å². The fraction of sp³-hybridized carbons (Fsp3) is 0.600. The Morgan fingerprint density at radius 1 is 1.62 bits per heavy atom. The van der Waals surface area contributed by atoms with E-state index in [-0.39, 0.29) is 19.4 Å². The highest BCUT2D eigenvalue weighted by Crippen LogP contribution is 2.11. The fourth-order valence-electron chi connectivity index (χ4n) is 0.851. The third kappa shape index (κ3) is 6.13. The average Bonchev–Trinajstić information content (AvgIpc) is 2.14. The second kappa shape index (κ2) is 6.22. The molecule has 0 aromatic carbocycles. The predicted molar refractivity (Wildman–Crippen MR) is 60.8 cm³/mol. The Bertz CT molecular complexity index is 307. The van der Waals surface area contributed by atoms with Crippen molar-refractivity contribution in [2.75, 3.05) is 6.54 Å². The maximum atomic E-state index is 13.1. The number of nitrogens with zero attached hydrogens (tertiary/aromatic N) is 1. The molecule has 0 spiro atoms. The lowest BCUT2D eigenvalue weighted by molar-refractivity contribution is -0.142. The first-order valence-electron chi connectivity index (χ1n) is 4.89. The molecule has 5 nitrogen and oxygen atoms in total. The van der Waals surface area contributed by atoms with Crippen molar-refractivity contribution in [1.29, 1.82) is 0 Å². The van der Waals surface area contributed by atoms with E-state index in [2.05, 4.69) is 4.99 Å². The van der Waals surface area contributed by atoms with Crippen LogP contribution in [0.25, 0.3) is 0 Å². The second-order valence-electron chi connectivity index (χ2n) is 3.85. The Morgan fingerprint density at radius 2 is 2.19 bits per heavy atom. The Morgan fingerprint density at radius 3 is 2.62 bits per heavy atom. The van der Waals surface area contributed by atoms with Gasteiger partial charge in [0.1, 0.15) is 5.54 Å². The molecule has 0 aliphatic carbocycles. The molecule has 0 radical (unpaired) electrons. The van der Waals surface area contributed by atoms with Crippen molar-refractivity contribution in [1.82, 2.24) is 0 Å². The van der Waals surface area contributed by atoms with E-state index >= 15 is 0 Å². The zero-order valence-corrected chi connectivity index (χ0v) is 9.53. The molecule has 0 aliphatic heterocycles. The first kappa shape index (κ1) is 14.6. The van der Waals surface area contributed by atoms with Crippen LogP contribution in [-0.2, 0) is 4.79 Å². The number of aliphatic imine (C=N–C) groups is 1. The van der Waals surface area contributed by atoms with Crippen molar-refractivity contribution in [2.24, 2.45) is 16.5 Å². The molecule has 0 fully saturated rings. The lowest BCUT2D eigenvalue weighted by Crippen LogP contribution is -2.44. The molecule has 0 unspecified atom stereocenters. The highest BCUT2D eigenvalue weighted by atomic mass is 19.1. The van der Waals surface area contributed by atoms with Gasteiger partial charge in [0.25, 0.3) is 0 Å². The van der Waals surface area contributed by atoms with Crippen LogP contribution in [0.5, 0.6) is 0 Å². The van der Waals surface area contributed by atoms with Crippen molar-refractivity contribution in [3.8, 4) is 0 Å². The van der Waals surface area contributed by atoms with E-state index in [1.165, 1.54) is 13.0 Å². The third-order valence-corrected chi connectivity index (χ3v) is 1.95. The summed E-state index contributed by atoms with van der Waals surface area (Å²) in [6.07, 6.45) is 1.22. The summed E-state index contributed by atoms with van der Waals surface area (Å²) in [4.78, 5) is 14.4. The lowest BCUT2D eigenvalue weighted by Gasteiger charge is -2.16. The summed E-state index contributed by atoms with van der Waals surface area (Å²) in [5, 5.41) is 8.69. The van der Waals surface area contributed by atoms with Crippen LogP contribution >= 0.6 is 0 Å². The molecule has 0 saturated heterocycles. The highest BCUT2D eigenvalue weighted by Gasteiger charge is 2.26. The van der Waals surface area contributed by atoms with Crippen LogP contribution < -0.4 is 11.5 Å². The van der Waals surface area contributed by atoms with Crippen LogP contribution in [0.2, 0.25) is 0 Å². The maximum Gasteiger partial charge on any atom is 0.323 e. The number of hydrogen-bond donors (Lipinski definition) is 3. The van der Waals surface area contributed by atoms with Gasteiger partial charge in [-0.2, -0.15) is 0 Å². The quantitative estimate of drug-likeness (QED) is 0.464. The number of carboxylic acid groups (broad SMARTS) is 1. The molecule has 0 aromatic rings. The van der Waals surface area contributed by atoms with E-state index in [0.29, 0.717) is 5.84 Å². The Balaban J connectivity index is 4.15. The summed E-state index contributed by atoms with van der Waals surface area (Å²) >= 11 is 0. The molecule has 0 aromatic heterocycles. The predicted octanol–water partition coefficient (Wildman–Crippen LogP) is 0.799. The van der Waals surface area contributed by atoms with Gasteiger partial charge >= 0.3 is 5.97 Å². The van der Waals surface area contributed by atoms with Crippen molar-refractivity contribution < 1.29 is 14.3 Å². The summed E-state index contributed by atoms with van der Waals surface area (Å²) in [7, 11) is 0. The Kier molecular flexibility index (Phi) is 5.66. The van der Waals surface area contributed by atoms with E-state index in [0.717, 1.165) is 0 Å². The van der Waals surface area contributed by atoms with Gasteiger partial charge in [-0.05, 0) is 20.3 Å². The number of carboxylic acids is 1. The number of aliphatic carboxylic acids is 1. The molecule has 6 heteroatoms. The summed E-state index contributed by atoms with van der Waals surface area (Å²) in [6, 6.07) is 0. The molecule has 5 N–H and O–H groups in total. The Hall–Kier alpha value is -1.43. The summed E-state index contributed by atoms with van der Waals surface area (Å²) in [6.45, 7) is 3.20. The highest BCUT2D eigenvalue weighted by molar-refractivity contribution is 5.78. The molecule has 92 valence electrons.